The first-order valence-corrected chi connectivity index (χ1v) is 7.41. The zero-order valence-electron chi connectivity index (χ0n) is 12.4. The van der Waals surface area contributed by atoms with Gasteiger partial charge in [-0.1, -0.05) is 18.6 Å². The van der Waals surface area contributed by atoms with Crippen molar-refractivity contribution in [3.63, 3.8) is 0 Å². The van der Waals surface area contributed by atoms with Crippen molar-refractivity contribution in [1.29, 1.82) is 0 Å². The van der Waals surface area contributed by atoms with Crippen LogP contribution in [0.1, 0.15) is 42.5 Å². The fourth-order valence-electron chi connectivity index (χ4n) is 2.57. The van der Waals surface area contributed by atoms with Crippen LogP contribution >= 0.6 is 0 Å². The molecule has 1 saturated heterocycles. The van der Waals surface area contributed by atoms with Gasteiger partial charge in [-0.05, 0) is 37.9 Å². The Morgan fingerprint density at radius 1 is 1.33 bits per heavy atom. The van der Waals surface area contributed by atoms with E-state index >= 15 is 0 Å². The Morgan fingerprint density at radius 2 is 2.14 bits per heavy atom. The largest absolute Gasteiger partial charge is 0.465 e. The van der Waals surface area contributed by atoms with Crippen LogP contribution in [0.4, 0.5) is 5.69 Å². The second-order valence-electron chi connectivity index (χ2n) is 5.27. The summed E-state index contributed by atoms with van der Waals surface area (Å²) in [7, 11) is 1.33. The molecule has 0 aliphatic carbocycles. The van der Waals surface area contributed by atoms with Crippen molar-refractivity contribution in [1.82, 2.24) is 5.32 Å². The van der Waals surface area contributed by atoms with Gasteiger partial charge in [-0.3, -0.25) is 4.79 Å². The Hall–Kier alpha value is -1.88. The van der Waals surface area contributed by atoms with Gasteiger partial charge in [0.15, 0.2) is 0 Å². The summed E-state index contributed by atoms with van der Waals surface area (Å²) < 4.78 is 4.71. The average molecular weight is 290 g/mol. The van der Waals surface area contributed by atoms with Gasteiger partial charge in [0, 0.05) is 12.5 Å². The highest BCUT2D eigenvalue weighted by Gasteiger charge is 2.16. The van der Waals surface area contributed by atoms with E-state index in [0.717, 1.165) is 19.4 Å². The number of esters is 1. The first-order valence-electron chi connectivity index (χ1n) is 7.41. The Balaban J connectivity index is 1.88. The Bertz CT molecular complexity index is 496. The van der Waals surface area contributed by atoms with Gasteiger partial charge in [0.25, 0.3) is 0 Å². The van der Waals surface area contributed by atoms with E-state index in [0.29, 0.717) is 23.7 Å². The minimum Gasteiger partial charge on any atom is -0.465 e. The van der Waals surface area contributed by atoms with Crippen LogP contribution in [0.2, 0.25) is 0 Å². The van der Waals surface area contributed by atoms with Crippen LogP contribution in [-0.2, 0) is 9.53 Å². The van der Waals surface area contributed by atoms with Crippen molar-refractivity contribution in [2.45, 2.75) is 38.1 Å². The number of carbonyl (C=O) groups excluding carboxylic acids is 2. The topological polar surface area (TPSA) is 67.4 Å². The molecule has 0 aromatic heterocycles. The molecule has 1 atom stereocenters. The number of nitrogens with one attached hydrogen (secondary N) is 2. The molecule has 1 aliphatic rings. The van der Waals surface area contributed by atoms with Crippen LogP contribution < -0.4 is 10.6 Å². The summed E-state index contributed by atoms with van der Waals surface area (Å²) in [6.45, 7) is 1.04. The van der Waals surface area contributed by atoms with Crippen molar-refractivity contribution in [2.75, 3.05) is 19.0 Å². The molecule has 1 aromatic carbocycles. The maximum absolute atomic E-state index is 12.0. The molecule has 2 rings (SSSR count). The second kappa shape index (κ2) is 7.78. The van der Waals surface area contributed by atoms with Crippen LogP contribution in [0.3, 0.4) is 0 Å². The van der Waals surface area contributed by atoms with E-state index in [-0.39, 0.29) is 5.91 Å². The molecule has 1 fully saturated rings. The van der Waals surface area contributed by atoms with Crippen LogP contribution in [0.15, 0.2) is 24.3 Å². The molecule has 1 amide bonds. The molecule has 1 aromatic rings. The zero-order valence-corrected chi connectivity index (χ0v) is 12.4. The molecule has 1 heterocycles. The number of hydrogen-bond acceptors (Lipinski definition) is 4. The summed E-state index contributed by atoms with van der Waals surface area (Å²) >= 11 is 0. The first kappa shape index (κ1) is 15.5. The van der Waals surface area contributed by atoms with Gasteiger partial charge in [0.2, 0.25) is 5.91 Å². The lowest BCUT2D eigenvalue weighted by Gasteiger charge is -2.23. The van der Waals surface area contributed by atoms with Crippen molar-refractivity contribution < 1.29 is 14.3 Å². The summed E-state index contributed by atoms with van der Waals surface area (Å²) in [4.78, 5) is 23.7. The summed E-state index contributed by atoms with van der Waals surface area (Å²) in [5, 5.41) is 6.22. The van der Waals surface area contributed by atoms with Crippen molar-refractivity contribution in [3.05, 3.63) is 29.8 Å². The number of methoxy groups -OCH3 is 1. The molecular weight excluding hydrogens is 268 g/mol. The first-order chi connectivity index (χ1) is 10.2. The van der Waals surface area contributed by atoms with Crippen molar-refractivity contribution in [2.24, 2.45) is 0 Å². The zero-order chi connectivity index (χ0) is 15.1. The fourth-order valence-corrected chi connectivity index (χ4v) is 2.57. The van der Waals surface area contributed by atoms with E-state index in [1.54, 1.807) is 24.3 Å². The standard InChI is InChI=1S/C16H22N2O3/c1-21-16(20)13-7-2-3-8-14(13)18-15(19)10-9-12-6-4-5-11-17-12/h2-3,7-8,12,17H,4-6,9-11H2,1H3,(H,18,19). The van der Waals surface area contributed by atoms with E-state index in [2.05, 4.69) is 10.6 Å². The second-order valence-corrected chi connectivity index (χ2v) is 5.27. The molecule has 2 N–H and O–H groups in total. The van der Waals surface area contributed by atoms with Gasteiger partial charge in [-0.15, -0.1) is 0 Å². The molecule has 5 heteroatoms. The number of ether oxygens (including phenoxy) is 1. The minimum absolute atomic E-state index is 0.0706. The monoisotopic (exact) mass is 290 g/mol. The molecule has 0 radical (unpaired) electrons. The molecule has 1 unspecified atom stereocenters. The predicted molar refractivity (Wildman–Crippen MR) is 81.3 cm³/mol. The number of para-hydroxylation sites is 1. The van der Waals surface area contributed by atoms with Gasteiger partial charge < -0.3 is 15.4 Å². The quantitative estimate of drug-likeness (QED) is 0.817. The van der Waals surface area contributed by atoms with E-state index in [1.165, 1.54) is 20.0 Å². The third-order valence-electron chi connectivity index (χ3n) is 3.74. The fraction of sp³-hybridized carbons (Fsp3) is 0.500. The number of amides is 1. The third-order valence-corrected chi connectivity index (χ3v) is 3.74. The Kier molecular flexibility index (Phi) is 5.75. The molecule has 1 aliphatic heterocycles. The lowest BCUT2D eigenvalue weighted by atomic mass is 10.0. The molecule has 114 valence electrons. The van der Waals surface area contributed by atoms with Crippen molar-refractivity contribution in [3.8, 4) is 0 Å². The van der Waals surface area contributed by atoms with Crippen LogP contribution in [0.25, 0.3) is 0 Å². The highest BCUT2D eigenvalue weighted by atomic mass is 16.5. The van der Waals surface area contributed by atoms with Gasteiger partial charge >= 0.3 is 5.97 Å². The maximum Gasteiger partial charge on any atom is 0.339 e. The highest BCUT2D eigenvalue weighted by Crippen LogP contribution is 2.17. The molecule has 0 bridgehead atoms. The lowest BCUT2D eigenvalue weighted by molar-refractivity contribution is -0.116. The molecule has 21 heavy (non-hydrogen) atoms. The van der Waals surface area contributed by atoms with Gasteiger partial charge in [0.05, 0.1) is 18.4 Å². The highest BCUT2D eigenvalue weighted by molar-refractivity contribution is 6.01. The number of carbonyl (C=O) groups is 2. The number of piperidine rings is 1. The van der Waals surface area contributed by atoms with Crippen LogP contribution in [0, 0.1) is 0 Å². The molecule has 0 saturated carbocycles. The van der Waals surface area contributed by atoms with Gasteiger partial charge in [-0.2, -0.15) is 0 Å². The number of hydrogen-bond donors (Lipinski definition) is 2. The molecular formula is C16H22N2O3. The Labute approximate surface area is 125 Å². The smallest absolute Gasteiger partial charge is 0.339 e. The SMILES string of the molecule is COC(=O)c1ccccc1NC(=O)CCC1CCCCN1. The van der Waals surface area contributed by atoms with Crippen LogP contribution in [0.5, 0.6) is 0 Å². The summed E-state index contributed by atoms with van der Waals surface area (Å²) in [5.74, 6) is -0.515. The molecule has 5 nitrogen and oxygen atoms in total. The summed E-state index contributed by atoms with van der Waals surface area (Å²) in [6, 6.07) is 7.31. The number of anilines is 1. The van der Waals surface area contributed by atoms with E-state index in [1.807, 2.05) is 0 Å². The summed E-state index contributed by atoms with van der Waals surface area (Å²) in [5.41, 5.74) is 0.884. The van der Waals surface area contributed by atoms with E-state index < -0.39 is 5.97 Å². The summed E-state index contributed by atoms with van der Waals surface area (Å²) in [6.07, 6.45) is 4.85. The van der Waals surface area contributed by atoms with Gasteiger partial charge in [-0.25, -0.2) is 4.79 Å². The third kappa shape index (κ3) is 4.56. The molecule has 0 spiro atoms. The van der Waals surface area contributed by atoms with Crippen molar-refractivity contribution >= 4 is 17.6 Å². The average Bonchev–Trinajstić information content (AvgIpc) is 2.54. The van der Waals surface area contributed by atoms with Gasteiger partial charge in [0.1, 0.15) is 0 Å². The number of benzene rings is 1. The van der Waals surface area contributed by atoms with Crippen LogP contribution in [-0.4, -0.2) is 31.6 Å². The minimum atomic E-state index is -0.445. The maximum atomic E-state index is 12.0. The Morgan fingerprint density at radius 3 is 2.86 bits per heavy atom. The lowest BCUT2D eigenvalue weighted by Crippen LogP contribution is -2.34. The van der Waals surface area contributed by atoms with E-state index in [9.17, 15) is 9.59 Å². The normalized spacial score (nSPS) is 18.0. The predicted octanol–water partition coefficient (Wildman–Crippen LogP) is 2.33. The van der Waals surface area contributed by atoms with E-state index in [4.69, 9.17) is 4.74 Å². The number of rotatable bonds is 5.